The Balaban J connectivity index is 1.89. The second kappa shape index (κ2) is 5.43. The first-order chi connectivity index (χ1) is 8.86. The zero-order valence-electron chi connectivity index (χ0n) is 10.8. The lowest BCUT2D eigenvalue weighted by Crippen LogP contribution is -2.51. The number of aryl methyl sites for hydroxylation is 1. The number of carbonyl (C=O) groups excluding carboxylic acids is 1. The van der Waals surface area contributed by atoms with Gasteiger partial charge in [-0.2, -0.15) is 4.31 Å². The van der Waals surface area contributed by atoms with Crippen molar-refractivity contribution in [2.75, 3.05) is 37.8 Å². The van der Waals surface area contributed by atoms with E-state index in [0.717, 1.165) is 5.69 Å². The largest absolute Gasteiger partial charge is 0.323 e. The first kappa shape index (κ1) is 14.2. The lowest BCUT2D eigenvalue weighted by molar-refractivity contribution is 0.184. The van der Waals surface area contributed by atoms with E-state index in [4.69, 9.17) is 0 Å². The van der Waals surface area contributed by atoms with Crippen LogP contribution >= 0.6 is 11.3 Å². The Morgan fingerprint density at radius 1 is 1.37 bits per heavy atom. The predicted octanol–water partition coefficient (Wildman–Crippen LogP) is 0.561. The molecule has 106 valence electrons. The Morgan fingerprint density at radius 2 is 2.00 bits per heavy atom. The Morgan fingerprint density at radius 3 is 2.47 bits per heavy atom. The van der Waals surface area contributed by atoms with Gasteiger partial charge >= 0.3 is 6.03 Å². The Bertz CT molecular complexity index is 561. The van der Waals surface area contributed by atoms with Crippen molar-refractivity contribution in [2.24, 2.45) is 0 Å². The lowest BCUT2D eigenvalue weighted by Gasteiger charge is -2.32. The van der Waals surface area contributed by atoms with Crippen molar-refractivity contribution in [1.29, 1.82) is 0 Å². The number of piperazine rings is 1. The van der Waals surface area contributed by atoms with E-state index in [1.165, 1.54) is 21.9 Å². The maximum atomic E-state index is 11.9. The smallest absolute Gasteiger partial charge is 0.322 e. The van der Waals surface area contributed by atoms with Crippen LogP contribution in [0, 0.1) is 6.92 Å². The molecule has 9 heteroatoms. The minimum Gasteiger partial charge on any atom is -0.322 e. The number of nitrogens with zero attached hydrogens (tertiary/aromatic N) is 3. The van der Waals surface area contributed by atoms with E-state index in [1.807, 2.05) is 12.3 Å². The fourth-order valence-corrected chi connectivity index (χ4v) is 3.31. The number of aromatic nitrogens is 1. The predicted molar refractivity (Wildman–Crippen MR) is 73.9 cm³/mol. The molecule has 1 aliphatic heterocycles. The molecule has 1 N–H and O–H groups in total. The molecular formula is C10H16N4O3S2. The summed E-state index contributed by atoms with van der Waals surface area (Å²) in [6, 6.07) is -0.234. The van der Waals surface area contributed by atoms with Crippen molar-refractivity contribution in [2.45, 2.75) is 6.92 Å². The summed E-state index contributed by atoms with van der Waals surface area (Å²) >= 11 is 1.37. The quantitative estimate of drug-likeness (QED) is 0.865. The SMILES string of the molecule is Cc1csc(NC(=O)N2CCN(S(C)(=O)=O)CC2)n1. The Kier molecular flexibility index (Phi) is 4.07. The maximum absolute atomic E-state index is 11.9. The average Bonchev–Trinajstić information content (AvgIpc) is 2.74. The summed E-state index contributed by atoms with van der Waals surface area (Å²) in [6.45, 7) is 3.32. The molecule has 19 heavy (non-hydrogen) atoms. The van der Waals surface area contributed by atoms with Crippen molar-refractivity contribution < 1.29 is 13.2 Å². The molecule has 0 spiro atoms. The van der Waals surface area contributed by atoms with Gasteiger partial charge in [0.1, 0.15) is 0 Å². The maximum Gasteiger partial charge on any atom is 0.323 e. The lowest BCUT2D eigenvalue weighted by atomic mass is 10.4. The molecule has 0 atom stereocenters. The molecule has 0 bridgehead atoms. The molecule has 7 nitrogen and oxygen atoms in total. The van der Waals surface area contributed by atoms with E-state index >= 15 is 0 Å². The van der Waals surface area contributed by atoms with E-state index in [2.05, 4.69) is 10.3 Å². The Labute approximate surface area is 116 Å². The highest BCUT2D eigenvalue weighted by Crippen LogP contribution is 2.15. The third-order valence-electron chi connectivity index (χ3n) is 2.83. The summed E-state index contributed by atoms with van der Waals surface area (Å²) in [5.41, 5.74) is 0.863. The van der Waals surface area contributed by atoms with Crippen LogP contribution in [-0.4, -0.2) is 61.1 Å². The molecule has 1 aliphatic rings. The van der Waals surface area contributed by atoms with Gasteiger partial charge < -0.3 is 4.90 Å². The first-order valence-electron chi connectivity index (χ1n) is 5.79. The van der Waals surface area contributed by atoms with Gasteiger partial charge in [0.15, 0.2) is 5.13 Å². The molecule has 1 saturated heterocycles. The second-order valence-electron chi connectivity index (χ2n) is 4.37. The highest BCUT2D eigenvalue weighted by molar-refractivity contribution is 7.88. The van der Waals surface area contributed by atoms with Gasteiger partial charge in [-0.05, 0) is 6.92 Å². The van der Waals surface area contributed by atoms with E-state index in [0.29, 0.717) is 31.3 Å². The van der Waals surface area contributed by atoms with Crippen LogP contribution in [0.1, 0.15) is 5.69 Å². The van der Waals surface area contributed by atoms with Gasteiger partial charge in [-0.15, -0.1) is 11.3 Å². The molecule has 1 fully saturated rings. The summed E-state index contributed by atoms with van der Waals surface area (Å²) in [5.74, 6) is 0. The summed E-state index contributed by atoms with van der Waals surface area (Å²) in [6.07, 6.45) is 1.18. The second-order valence-corrected chi connectivity index (χ2v) is 7.21. The molecule has 2 amide bonds. The van der Waals surface area contributed by atoms with Crippen LogP contribution in [0.5, 0.6) is 0 Å². The topological polar surface area (TPSA) is 82.6 Å². The van der Waals surface area contributed by atoms with Gasteiger partial charge in [0.25, 0.3) is 0 Å². The van der Waals surface area contributed by atoms with Crippen LogP contribution in [-0.2, 0) is 10.0 Å². The van der Waals surface area contributed by atoms with E-state index in [9.17, 15) is 13.2 Å². The van der Waals surface area contributed by atoms with E-state index < -0.39 is 10.0 Å². The molecule has 1 aromatic heterocycles. The highest BCUT2D eigenvalue weighted by Gasteiger charge is 2.26. The summed E-state index contributed by atoms with van der Waals surface area (Å²) in [4.78, 5) is 17.7. The van der Waals surface area contributed by atoms with Crippen LogP contribution in [0.3, 0.4) is 0 Å². The summed E-state index contributed by atoms with van der Waals surface area (Å²) < 4.78 is 24.1. The third-order valence-corrected chi connectivity index (χ3v) is 5.01. The molecular weight excluding hydrogens is 288 g/mol. The number of amides is 2. The monoisotopic (exact) mass is 304 g/mol. The molecule has 0 unspecified atom stereocenters. The number of rotatable bonds is 2. The number of nitrogens with one attached hydrogen (secondary N) is 1. The third kappa shape index (κ3) is 3.64. The normalized spacial score (nSPS) is 17.5. The standard InChI is InChI=1S/C10H16N4O3S2/c1-8-7-18-9(11-8)12-10(15)13-3-5-14(6-4-13)19(2,16)17/h7H,3-6H2,1-2H3,(H,11,12,15). The zero-order valence-corrected chi connectivity index (χ0v) is 12.4. The van der Waals surface area contributed by atoms with E-state index in [-0.39, 0.29) is 6.03 Å². The van der Waals surface area contributed by atoms with Crippen molar-refractivity contribution in [3.8, 4) is 0 Å². The van der Waals surface area contributed by atoms with Gasteiger partial charge in [0, 0.05) is 31.6 Å². The number of hydrogen-bond acceptors (Lipinski definition) is 5. The van der Waals surface area contributed by atoms with Crippen molar-refractivity contribution in [3.63, 3.8) is 0 Å². The van der Waals surface area contributed by atoms with Gasteiger partial charge in [-0.1, -0.05) is 0 Å². The summed E-state index contributed by atoms with van der Waals surface area (Å²) in [5, 5.41) is 5.13. The van der Waals surface area contributed by atoms with Gasteiger partial charge in [0.05, 0.1) is 11.9 Å². The minimum atomic E-state index is -3.17. The average molecular weight is 304 g/mol. The van der Waals surface area contributed by atoms with Gasteiger partial charge in [0.2, 0.25) is 10.0 Å². The zero-order chi connectivity index (χ0) is 14.0. The van der Waals surface area contributed by atoms with Crippen LogP contribution < -0.4 is 5.32 Å². The van der Waals surface area contributed by atoms with Crippen LogP contribution in [0.25, 0.3) is 0 Å². The molecule has 0 radical (unpaired) electrons. The molecule has 1 aromatic rings. The van der Waals surface area contributed by atoms with Crippen molar-refractivity contribution in [3.05, 3.63) is 11.1 Å². The number of urea groups is 1. The summed E-state index contributed by atoms with van der Waals surface area (Å²) in [7, 11) is -3.17. The van der Waals surface area contributed by atoms with E-state index in [1.54, 1.807) is 4.90 Å². The van der Waals surface area contributed by atoms with Crippen LogP contribution in [0.4, 0.5) is 9.93 Å². The van der Waals surface area contributed by atoms with Crippen LogP contribution in [0.2, 0.25) is 0 Å². The number of thiazole rings is 1. The molecule has 0 saturated carbocycles. The van der Waals surface area contributed by atoms with Crippen LogP contribution in [0.15, 0.2) is 5.38 Å². The van der Waals surface area contributed by atoms with Gasteiger partial charge in [-0.3, -0.25) is 5.32 Å². The molecule has 0 aromatic carbocycles. The van der Waals surface area contributed by atoms with Crippen molar-refractivity contribution in [1.82, 2.24) is 14.2 Å². The van der Waals surface area contributed by atoms with Gasteiger partial charge in [-0.25, -0.2) is 18.2 Å². The number of sulfonamides is 1. The Hall–Kier alpha value is -1.19. The first-order valence-corrected chi connectivity index (χ1v) is 8.52. The minimum absolute atomic E-state index is 0.234. The molecule has 0 aliphatic carbocycles. The molecule has 2 heterocycles. The number of carbonyl (C=O) groups is 1. The fraction of sp³-hybridized carbons (Fsp3) is 0.600. The fourth-order valence-electron chi connectivity index (χ4n) is 1.80. The number of hydrogen-bond donors (Lipinski definition) is 1. The van der Waals surface area contributed by atoms with Crippen molar-refractivity contribution >= 4 is 32.5 Å². The molecule has 2 rings (SSSR count). The number of anilines is 1. The highest BCUT2D eigenvalue weighted by atomic mass is 32.2.